The molecule has 1 unspecified atom stereocenters. The minimum Gasteiger partial charge on any atom is -0.481 e. The van der Waals surface area contributed by atoms with Crippen molar-refractivity contribution in [1.29, 1.82) is 0 Å². The molecule has 114 valence electrons. The molecule has 1 aromatic carbocycles. The number of carboxylic acids is 1. The van der Waals surface area contributed by atoms with Crippen LogP contribution in [0.2, 0.25) is 0 Å². The molecule has 1 aromatic rings. The second kappa shape index (κ2) is 6.52. The van der Waals surface area contributed by atoms with E-state index < -0.39 is 23.5 Å². The van der Waals surface area contributed by atoms with E-state index in [-0.39, 0.29) is 12.2 Å². The van der Waals surface area contributed by atoms with Crippen LogP contribution in [-0.4, -0.2) is 28.4 Å². The van der Waals surface area contributed by atoms with E-state index in [1.165, 1.54) is 6.92 Å². The summed E-state index contributed by atoms with van der Waals surface area (Å²) in [5.74, 6) is -3.30. The van der Waals surface area contributed by atoms with E-state index in [4.69, 9.17) is 4.74 Å². The molecule has 1 N–H and O–H groups in total. The molecule has 0 aliphatic rings. The monoisotopic (exact) mass is 292 g/mol. The minimum atomic E-state index is -1.26. The van der Waals surface area contributed by atoms with Crippen molar-refractivity contribution in [3.05, 3.63) is 35.4 Å². The molecule has 0 spiro atoms. The summed E-state index contributed by atoms with van der Waals surface area (Å²) in [6.07, 6.45) is 0.0302. The fraction of sp³-hybridized carbons (Fsp3) is 0.438. The standard InChI is InChI=1S/C16H20O5/c1-10(17)12-7-5-11(6-8-12)9-13(14(18)19)15(20)21-16(2,3)4/h5-8,13H,9H2,1-4H3,(H,18,19). The molecule has 0 bridgehead atoms. The topological polar surface area (TPSA) is 80.7 Å². The van der Waals surface area contributed by atoms with Crippen LogP contribution < -0.4 is 0 Å². The van der Waals surface area contributed by atoms with Crippen molar-refractivity contribution in [3.63, 3.8) is 0 Å². The number of aliphatic carboxylic acids is 1. The van der Waals surface area contributed by atoms with Crippen LogP contribution in [0, 0.1) is 5.92 Å². The highest BCUT2D eigenvalue weighted by atomic mass is 16.6. The molecule has 0 saturated carbocycles. The molecule has 5 nitrogen and oxygen atoms in total. The van der Waals surface area contributed by atoms with E-state index in [2.05, 4.69) is 0 Å². The van der Waals surface area contributed by atoms with E-state index in [0.717, 1.165) is 0 Å². The lowest BCUT2D eigenvalue weighted by atomic mass is 9.98. The number of hydrogen-bond acceptors (Lipinski definition) is 4. The van der Waals surface area contributed by atoms with E-state index in [0.29, 0.717) is 11.1 Å². The third kappa shape index (κ3) is 5.38. The van der Waals surface area contributed by atoms with Gasteiger partial charge in [-0.25, -0.2) is 0 Å². The number of esters is 1. The summed E-state index contributed by atoms with van der Waals surface area (Å²) in [4.78, 5) is 34.4. The molecule has 1 rings (SSSR count). The highest BCUT2D eigenvalue weighted by Crippen LogP contribution is 2.16. The molecule has 0 aliphatic carbocycles. The Labute approximate surface area is 123 Å². The molecule has 5 heteroatoms. The first-order valence-corrected chi connectivity index (χ1v) is 6.65. The first-order valence-electron chi connectivity index (χ1n) is 6.65. The molecule has 0 amide bonds. The molecule has 0 aromatic heterocycles. The van der Waals surface area contributed by atoms with Crippen molar-refractivity contribution in [2.45, 2.75) is 39.7 Å². The normalized spacial score (nSPS) is 12.6. The van der Waals surface area contributed by atoms with Gasteiger partial charge in [0.15, 0.2) is 11.7 Å². The number of ether oxygens (including phenoxy) is 1. The Kier molecular flexibility index (Phi) is 5.24. The van der Waals surface area contributed by atoms with Gasteiger partial charge in [0, 0.05) is 5.56 Å². The number of carbonyl (C=O) groups is 3. The van der Waals surface area contributed by atoms with Gasteiger partial charge in [-0.3, -0.25) is 14.4 Å². The second-order valence-corrected chi connectivity index (χ2v) is 5.88. The molecule has 0 fully saturated rings. The summed E-state index contributed by atoms with van der Waals surface area (Å²) in [5, 5.41) is 9.19. The van der Waals surface area contributed by atoms with Gasteiger partial charge in [0.1, 0.15) is 5.60 Å². The van der Waals surface area contributed by atoms with Crippen LogP contribution in [0.15, 0.2) is 24.3 Å². The van der Waals surface area contributed by atoms with Crippen LogP contribution in [0.25, 0.3) is 0 Å². The van der Waals surface area contributed by atoms with Gasteiger partial charge < -0.3 is 9.84 Å². The molecule has 21 heavy (non-hydrogen) atoms. The van der Waals surface area contributed by atoms with Crippen molar-refractivity contribution in [2.24, 2.45) is 5.92 Å². The highest BCUT2D eigenvalue weighted by Gasteiger charge is 2.31. The fourth-order valence-electron chi connectivity index (χ4n) is 1.76. The summed E-state index contributed by atoms with van der Waals surface area (Å²) in [6, 6.07) is 6.53. The first kappa shape index (κ1) is 16.9. The summed E-state index contributed by atoms with van der Waals surface area (Å²) in [5.41, 5.74) is 0.477. The Hall–Kier alpha value is -2.17. The zero-order valence-corrected chi connectivity index (χ0v) is 12.7. The number of ketones is 1. The lowest BCUT2D eigenvalue weighted by molar-refractivity contribution is -0.166. The van der Waals surface area contributed by atoms with Crippen LogP contribution in [-0.2, 0) is 20.7 Å². The predicted octanol–water partition coefficient (Wildman–Crippen LogP) is 2.47. The number of carboxylic acid groups (broad SMARTS) is 1. The summed E-state index contributed by atoms with van der Waals surface area (Å²) in [7, 11) is 0. The molecule has 0 saturated heterocycles. The number of hydrogen-bond donors (Lipinski definition) is 1. The van der Waals surface area contributed by atoms with Crippen molar-refractivity contribution in [2.75, 3.05) is 0 Å². The summed E-state index contributed by atoms with van der Waals surface area (Å²) < 4.78 is 5.12. The lowest BCUT2D eigenvalue weighted by Gasteiger charge is -2.22. The SMILES string of the molecule is CC(=O)c1ccc(CC(C(=O)O)C(=O)OC(C)(C)C)cc1. The smallest absolute Gasteiger partial charge is 0.321 e. The molecule has 0 radical (unpaired) electrons. The highest BCUT2D eigenvalue weighted by molar-refractivity contribution is 5.95. The Bertz CT molecular complexity index is 537. The maximum absolute atomic E-state index is 11.9. The van der Waals surface area contributed by atoms with Crippen LogP contribution in [0.5, 0.6) is 0 Å². The van der Waals surface area contributed by atoms with Gasteiger partial charge in [-0.05, 0) is 39.7 Å². The first-order chi connectivity index (χ1) is 9.60. The maximum atomic E-state index is 11.9. The zero-order valence-electron chi connectivity index (χ0n) is 12.7. The average molecular weight is 292 g/mol. The van der Waals surface area contributed by atoms with Crippen LogP contribution in [0.4, 0.5) is 0 Å². The number of benzene rings is 1. The van der Waals surface area contributed by atoms with Gasteiger partial charge in [-0.15, -0.1) is 0 Å². The molecule has 0 heterocycles. The molecular weight excluding hydrogens is 272 g/mol. The van der Waals surface area contributed by atoms with Gasteiger partial charge in [-0.1, -0.05) is 24.3 Å². The van der Waals surface area contributed by atoms with E-state index >= 15 is 0 Å². The van der Waals surface area contributed by atoms with E-state index in [1.54, 1.807) is 45.0 Å². The van der Waals surface area contributed by atoms with Crippen molar-refractivity contribution >= 4 is 17.7 Å². The largest absolute Gasteiger partial charge is 0.481 e. The average Bonchev–Trinajstić information content (AvgIpc) is 2.33. The Morgan fingerprint density at radius 1 is 1.14 bits per heavy atom. The van der Waals surface area contributed by atoms with E-state index in [9.17, 15) is 19.5 Å². The van der Waals surface area contributed by atoms with Crippen LogP contribution in [0.1, 0.15) is 43.6 Å². The lowest BCUT2D eigenvalue weighted by Crippen LogP contribution is -2.33. The molecule has 0 aliphatic heterocycles. The molecule has 1 atom stereocenters. The predicted molar refractivity (Wildman–Crippen MR) is 77.1 cm³/mol. The number of Topliss-reactive ketones (excluding diaryl/α,β-unsaturated/α-hetero) is 1. The number of carbonyl (C=O) groups excluding carboxylic acids is 2. The van der Waals surface area contributed by atoms with E-state index in [1.807, 2.05) is 0 Å². The maximum Gasteiger partial charge on any atom is 0.321 e. The summed E-state index contributed by atoms with van der Waals surface area (Å²) in [6.45, 7) is 6.51. The van der Waals surface area contributed by atoms with Crippen molar-refractivity contribution in [3.8, 4) is 0 Å². The van der Waals surface area contributed by atoms with Gasteiger partial charge in [0.05, 0.1) is 0 Å². The zero-order chi connectivity index (χ0) is 16.2. The van der Waals surface area contributed by atoms with Crippen LogP contribution in [0.3, 0.4) is 0 Å². The van der Waals surface area contributed by atoms with Gasteiger partial charge in [-0.2, -0.15) is 0 Å². The third-order valence-corrected chi connectivity index (χ3v) is 2.79. The van der Waals surface area contributed by atoms with Crippen molar-refractivity contribution in [1.82, 2.24) is 0 Å². The Morgan fingerprint density at radius 3 is 2.05 bits per heavy atom. The van der Waals surface area contributed by atoms with Gasteiger partial charge in [0.25, 0.3) is 0 Å². The molecular formula is C16H20O5. The van der Waals surface area contributed by atoms with Gasteiger partial charge >= 0.3 is 11.9 Å². The summed E-state index contributed by atoms with van der Waals surface area (Å²) >= 11 is 0. The second-order valence-electron chi connectivity index (χ2n) is 5.88. The Balaban J connectivity index is 2.86. The van der Waals surface area contributed by atoms with Crippen molar-refractivity contribution < 1.29 is 24.2 Å². The van der Waals surface area contributed by atoms with Gasteiger partial charge in [0.2, 0.25) is 0 Å². The Morgan fingerprint density at radius 2 is 1.67 bits per heavy atom. The quantitative estimate of drug-likeness (QED) is 0.512. The fourth-order valence-corrected chi connectivity index (χ4v) is 1.76. The third-order valence-electron chi connectivity index (χ3n) is 2.79. The minimum absolute atomic E-state index is 0.0302. The van der Waals surface area contributed by atoms with Crippen LogP contribution >= 0.6 is 0 Å². The number of rotatable bonds is 5.